The first-order valence-corrected chi connectivity index (χ1v) is 10.8. The summed E-state index contributed by atoms with van der Waals surface area (Å²) >= 11 is -2.02. The predicted molar refractivity (Wildman–Crippen MR) is 110 cm³/mol. The van der Waals surface area contributed by atoms with Crippen molar-refractivity contribution >= 4 is 11.3 Å². The van der Waals surface area contributed by atoms with E-state index in [4.69, 9.17) is 4.55 Å². The monoisotopic (exact) mass is 412 g/mol. The zero-order valence-electron chi connectivity index (χ0n) is 16.0. The lowest BCUT2D eigenvalue weighted by atomic mass is 9.93. The summed E-state index contributed by atoms with van der Waals surface area (Å²) in [6, 6.07) is 15.9. The summed E-state index contributed by atoms with van der Waals surface area (Å²) in [6.07, 6.45) is 4.05. The van der Waals surface area contributed by atoms with Crippen molar-refractivity contribution in [3.05, 3.63) is 71.8 Å². The Morgan fingerprint density at radius 1 is 1.07 bits per heavy atom. The summed E-state index contributed by atoms with van der Waals surface area (Å²) < 4.78 is 23.9. The molecule has 1 aliphatic rings. The second kappa shape index (κ2) is 9.36. The fourth-order valence-corrected chi connectivity index (χ4v) is 3.92. The average Bonchev–Trinajstić information content (AvgIpc) is 3.22. The van der Waals surface area contributed by atoms with Gasteiger partial charge in [-0.1, -0.05) is 29.5 Å². The molecule has 0 bridgehead atoms. The molecule has 1 aromatic carbocycles. The largest absolute Gasteiger partial charge is 0.297 e. The molecule has 1 atom stereocenters. The topological polar surface area (TPSA) is 96.2 Å². The van der Waals surface area contributed by atoms with Crippen LogP contribution < -0.4 is 4.72 Å². The van der Waals surface area contributed by atoms with Crippen molar-refractivity contribution < 1.29 is 8.76 Å². The lowest BCUT2D eigenvalue weighted by Crippen LogP contribution is -2.33. The van der Waals surface area contributed by atoms with Gasteiger partial charge in [-0.3, -0.25) is 14.4 Å². The number of rotatable bonds is 7. The minimum atomic E-state index is -2.02. The van der Waals surface area contributed by atoms with Gasteiger partial charge >= 0.3 is 0 Å². The number of nitrogens with one attached hydrogen (secondary N) is 1. The van der Waals surface area contributed by atoms with Crippen molar-refractivity contribution in [2.75, 3.05) is 13.1 Å². The second-order valence-electron chi connectivity index (χ2n) is 7.16. The Labute approximate surface area is 172 Å². The zero-order valence-corrected chi connectivity index (χ0v) is 16.8. The molecule has 2 N–H and O–H groups in total. The Bertz CT molecular complexity index is 956. The van der Waals surface area contributed by atoms with Gasteiger partial charge in [0.1, 0.15) is 0 Å². The molecular formula is C20H24N6O2S. The fourth-order valence-electron chi connectivity index (χ4n) is 3.65. The highest BCUT2D eigenvalue weighted by Gasteiger charge is 2.22. The molecule has 152 valence electrons. The van der Waals surface area contributed by atoms with Gasteiger partial charge in [-0.05, 0) is 50.2 Å². The fraction of sp³-hybridized carbons (Fsp3) is 0.350. The van der Waals surface area contributed by atoms with Gasteiger partial charge in [-0.15, -0.1) is 5.10 Å². The summed E-state index contributed by atoms with van der Waals surface area (Å²) in [6.45, 7) is 3.04. The molecule has 0 radical (unpaired) electrons. The Kier molecular flexibility index (Phi) is 6.40. The first-order valence-electron chi connectivity index (χ1n) is 9.66. The number of piperidine rings is 1. The number of likely N-dealkylation sites (tertiary alicyclic amines) is 1. The van der Waals surface area contributed by atoms with Crippen LogP contribution in [0.2, 0.25) is 0 Å². The van der Waals surface area contributed by atoms with Gasteiger partial charge in [-0.2, -0.15) is 0 Å². The Hall–Kier alpha value is -2.46. The number of nitrogens with zero attached hydrogens (tertiary/aromatic N) is 5. The number of benzene rings is 1. The first kappa shape index (κ1) is 19.8. The van der Waals surface area contributed by atoms with Gasteiger partial charge in [0.2, 0.25) is 11.3 Å². The third kappa shape index (κ3) is 5.33. The number of aromatic nitrogens is 4. The van der Waals surface area contributed by atoms with Gasteiger partial charge in [0.25, 0.3) is 0 Å². The zero-order chi connectivity index (χ0) is 20.1. The molecule has 0 saturated carbocycles. The number of para-hydroxylation sites is 1. The van der Waals surface area contributed by atoms with Crippen LogP contribution >= 0.6 is 0 Å². The predicted octanol–water partition coefficient (Wildman–Crippen LogP) is 2.27. The van der Waals surface area contributed by atoms with Gasteiger partial charge in [0.05, 0.1) is 29.8 Å². The molecule has 0 spiro atoms. The summed E-state index contributed by atoms with van der Waals surface area (Å²) in [5.41, 5.74) is 3.82. The van der Waals surface area contributed by atoms with Crippen molar-refractivity contribution in [3.63, 3.8) is 0 Å². The Morgan fingerprint density at radius 3 is 2.62 bits per heavy atom. The van der Waals surface area contributed by atoms with E-state index in [0.717, 1.165) is 55.2 Å². The average molecular weight is 413 g/mol. The van der Waals surface area contributed by atoms with E-state index in [2.05, 4.69) is 24.9 Å². The quantitative estimate of drug-likeness (QED) is 0.578. The van der Waals surface area contributed by atoms with Crippen molar-refractivity contribution in [3.8, 4) is 5.69 Å². The smallest absolute Gasteiger partial charge is 0.232 e. The summed E-state index contributed by atoms with van der Waals surface area (Å²) in [5.74, 6) is 0.408. The molecule has 2 aromatic heterocycles. The second-order valence-corrected chi connectivity index (χ2v) is 7.95. The Balaban J connectivity index is 1.31. The standard InChI is InChI=1S/C20H24N6O2S/c27-29(28)21-13-17-5-4-8-20(22-17)16-9-11-25(12-10-16)14-18-15-26(24-23-18)19-6-2-1-3-7-19/h1-8,15-16,21H,9-14H2,(H,27,28). The van der Waals surface area contributed by atoms with Crippen molar-refractivity contribution in [1.29, 1.82) is 0 Å². The SMILES string of the molecule is O=S(O)NCc1cccc(C2CCN(Cc3cn(-c4ccccc4)nn3)CC2)n1. The minimum Gasteiger partial charge on any atom is -0.297 e. The Morgan fingerprint density at radius 2 is 1.86 bits per heavy atom. The first-order chi connectivity index (χ1) is 14.2. The number of hydrogen-bond donors (Lipinski definition) is 2. The van der Waals surface area contributed by atoms with Crippen LogP contribution in [0.3, 0.4) is 0 Å². The highest BCUT2D eigenvalue weighted by atomic mass is 32.2. The minimum absolute atomic E-state index is 0.285. The molecule has 8 nitrogen and oxygen atoms in total. The molecule has 0 amide bonds. The lowest BCUT2D eigenvalue weighted by Gasteiger charge is -2.31. The molecular weight excluding hydrogens is 388 g/mol. The molecule has 1 aliphatic heterocycles. The number of hydrogen-bond acceptors (Lipinski definition) is 5. The maximum Gasteiger partial charge on any atom is 0.232 e. The van der Waals surface area contributed by atoms with E-state index in [-0.39, 0.29) is 6.54 Å². The van der Waals surface area contributed by atoms with Gasteiger partial charge in [0, 0.05) is 18.2 Å². The van der Waals surface area contributed by atoms with E-state index < -0.39 is 11.3 Å². The molecule has 4 rings (SSSR count). The molecule has 1 fully saturated rings. The van der Waals surface area contributed by atoms with Crippen molar-refractivity contribution in [1.82, 2.24) is 29.6 Å². The molecule has 9 heteroatoms. The van der Waals surface area contributed by atoms with Crippen LogP contribution in [0.25, 0.3) is 5.69 Å². The third-order valence-corrected chi connectivity index (χ3v) is 5.55. The highest BCUT2D eigenvalue weighted by molar-refractivity contribution is 7.77. The number of pyridine rings is 1. The van der Waals surface area contributed by atoms with E-state index in [9.17, 15) is 4.21 Å². The van der Waals surface area contributed by atoms with Gasteiger partial charge in [0.15, 0.2) is 0 Å². The van der Waals surface area contributed by atoms with Crippen LogP contribution in [0.5, 0.6) is 0 Å². The van der Waals surface area contributed by atoms with Crippen molar-refractivity contribution in [2.24, 2.45) is 0 Å². The highest BCUT2D eigenvalue weighted by Crippen LogP contribution is 2.27. The summed E-state index contributed by atoms with van der Waals surface area (Å²) in [5, 5.41) is 8.56. The molecule has 1 unspecified atom stereocenters. The van der Waals surface area contributed by atoms with Crippen LogP contribution in [0, 0.1) is 0 Å². The van der Waals surface area contributed by atoms with Gasteiger partial charge < -0.3 is 0 Å². The maximum absolute atomic E-state index is 10.8. The van der Waals surface area contributed by atoms with Gasteiger partial charge in [-0.25, -0.2) is 13.6 Å². The van der Waals surface area contributed by atoms with E-state index in [1.54, 1.807) is 0 Å². The van der Waals surface area contributed by atoms with Crippen LogP contribution in [0.1, 0.15) is 35.8 Å². The maximum atomic E-state index is 10.8. The van der Waals surface area contributed by atoms with E-state index in [1.807, 2.05) is 59.4 Å². The van der Waals surface area contributed by atoms with Crippen LogP contribution in [-0.4, -0.2) is 46.7 Å². The molecule has 1 saturated heterocycles. The normalized spacial score (nSPS) is 16.7. The van der Waals surface area contributed by atoms with Crippen LogP contribution in [0.4, 0.5) is 0 Å². The van der Waals surface area contributed by atoms with E-state index in [0.29, 0.717) is 5.92 Å². The summed E-state index contributed by atoms with van der Waals surface area (Å²) in [7, 11) is 0. The summed E-state index contributed by atoms with van der Waals surface area (Å²) in [4.78, 5) is 7.06. The van der Waals surface area contributed by atoms with Crippen molar-refractivity contribution in [2.45, 2.75) is 31.8 Å². The molecule has 0 aliphatic carbocycles. The lowest BCUT2D eigenvalue weighted by molar-refractivity contribution is 0.201. The third-order valence-electron chi connectivity index (χ3n) is 5.16. The molecule has 3 heterocycles. The molecule has 3 aromatic rings. The van der Waals surface area contributed by atoms with Crippen LogP contribution in [-0.2, 0) is 24.4 Å². The van der Waals surface area contributed by atoms with Crippen LogP contribution in [0.15, 0.2) is 54.7 Å². The van der Waals surface area contributed by atoms with E-state index in [1.165, 1.54) is 0 Å². The molecule has 29 heavy (non-hydrogen) atoms. The van der Waals surface area contributed by atoms with E-state index >= 15 is 0 Å².